The number of benzene rings is 1. The van der Waals surface area contributed by atoms with E-state index < -0.39 is 0 Å². The minimum atomic E-state index is -0.185. The highest BCUT2D eigenvalue weighted by molar-refractivity contribution is 5.81. The molecule has 0 radical (unpaired) electrons. The zero-order valence-electron chi connectivity index (χ0n) is 21.7. The minimum absolute atomic E-state index is 0.108. The van der Waals surface area contributed by atoms with Crippen molar-refractivity contribution in [3.8, 4) is 11.1 Å². The van der Waals surface area contributed by atoms with E-state index in [0.717, 1.165) is 63.1 Å². The number of morpholine rings is 1. The Bertz CT molecular complexity index is 1130. The molecule has 0 bridgehead atoms. The first-order chi connectivity index (χ1) is 17.5. The Kier molecular flexibility index (Phi) is 7.86. The van der Waals surface area contributed by atoms with Crippen molar-refractivity contribution in [1.29, 1.82) is 0 Å². The largest absolute Gasteiger partial charge is 0.393 e. The Morgan fingerprint density at radius 3 is 2.53 bits per heavy atom. The molecule has 5 rings (SSSR count). The van der Waals surface area contributed by atoms with E-state index in [4.69, 9.17) is 14.6 Å². The number of nitrogens with one attached hydrogen (secondary N) is 1. The number of fused-ring (bicyclic) bond motifs is 1. The molecule has 0 amide bonds. The van der Waals surface area contributed by atoms with Gasteiger partial charge in [0.25, 0.3) is 0 Å². The van der Waals surface area contributed by atoms with Gasteiger partial charge < -0.3 is 19.9 Å². The minimum Gasteiger partial charge on any atom is -0.393 e. The van der Waals surface area contributed by atoms with Crippen LogP contribution < -0.4 is 5.32 Å². The molecule has 3 aromatic rings. The summed E-state index contributed by atoms with van der Waals surface area (Å²) in [6.45, 7) is 8.48. The summed E-state index contributed by atoms with van der Waals surface area (Å²) in [7, 11) is 1.70. The quantitative estimate of drug-likeness (QED) is 0.485. The third kappa shape index (κ3) is 5.42. The Hall–Kier alpha value is -2.52. The number of rotatable bonds is 8. The average Bonchev–Trinajstić information content (AvgIpc) is 3.28. The fourth-order valence-corrected chi connectivity index (χ4v) is 5.60. The van der Waals surface area contributed by atoms with Crippen molar-refractivity contribution in [2.24, 2.45) is 0 Å². The molecule has 8 nitrogen and oxygen atoms in total. The van der Waals surface area contributed by atoms with Crippen molar-refractivity contribution in [2.45, 2.75) is 63.6 Å². The summed E-state index contributed by atoms with van der Waals surface area (Å²) in [6.07, 6.45) is 5.35. The highest BCUT2D eigenvalue weighted by atomic mass is 16.5. The standard InChI is InChI=1S/C28H39N5O3/c1-19(18-35-3)30-28-29-17-27-25(16-26(33(27)31-28)23-8-10-24(34)11-9-23)22-6-4-21(5-7-22)20(2)32-12-14-36-15-13-32/h4-7,16-17,19-20,23-24,34H,8-15,18H2,1-3H3,(H,30,31)/t19-,20?,23-,24+/m0/s1. The number of hydrogen-bond acceptors (Lipinski definition) is 7. The van der Waals surface area contributed by atoms with Crippen molar-refractivity contribution in [1.82, 2.24) is 19.5 Å². The van der Waals surface area contributed by atoms with Crippen LogP contribution in [-0.4, -0.2) is 76.8 Å². The third-order valence-corrected chi connectivity index (χ3v) is 7.75. The van der Waals surface area contributed by atoms with Crippen LogP contribution in [0.15, 0.2) is 36.5 Å². The van der Waals surface area contributed by atoms with Gasteiger partial charge in [0, 0.05) is 49.5 Å². The smallest absolute Gasteiger partial charge is 0.241 e. The van der Waals surface area contributed by atoms with E-state index in [1.54, 1.807) is 7.11 Å². The second-order valence-electron chi connectivity index (χ2n) is 10.3. The fourth-order valence-electron chi connectivity index (χ4n) is 5.60. The molecule has 2 N–H and O–H groups in total. The van der Waals surface area contributed by atoms with Crippen LogP contribution in [0, 0.1) is 0 Å². The number of anilines is 1. The van der Waals surface area contributed by atoms with Gasteiger partial charge in [-0.1, -0.05) is 24.3 Å². The van der Waals surface area contributed by atoms with Gasteiger partial charge in [0.05, 0.1) is 37.6 Å². The van der Waals surface area contributed by atoms with Crippen molar-refractivity contribution < 1.29 is 14.6 Å². The number of ether oxygens (including phenoxy) is 2. The Morgan fingerprint density at radius 2 is 1.83 bits per heavy atom. The maximum atomic E-state index is 10.1. The summed E-state index contributed by atoms with van der Waals surface area (Å²) in [5, 5.41) is 18.3. The summed E-state index contributed by atoms with van der Waals surface area (Å²) in [4.78, 5) is 7.12. The van der Waals surface area contributed by atoms with Crippen LogP contribution in [0.3, 0.4) is 0 Å². The molecule has 1 aliphatic carbocycles. The first kappa shape index (κ1) is 25.1. The van der Waals surface area contributed by atoms with Crippen LogP contribution >= 0.6 is 0 Å². The number of aromatic nitrogens is 3. The van der Waals surface area contributed by atoms with Gasteiger partial charge in [-0.3, -0.25) is 4.90 Å². The molecule has 0 spiro atoms. The van der Waals surface area contributed by atoms with Crippen molar-refractivity contribution in [3.63, 3.8) is 0 Å². The van der Waals surface area contributed by atoms with E-state index in [2.05, 4.69) is 63.9 Å². The molecule has 1 aromatic carbocycles. The van der Waals surface area contributed by atoms with E-state index in [-0.39, 0.29) is 12.1 Å². The first-order valence-corrected chi connectivity index (χ1v) is 13.3. The molecule has 1 unspecified atom stereocenters. The van der Waals surface area contributed by atoms with Gasteiger partial charge in [0.2, 0.25) is 5.95 Å². The van der Waals surface area contributed by atoms with E-state index in [1.807, 2.05) is 6.20 Å². The molecule has 2 aliphatic rings. The van der Waals surface area contributed by atoms with Crippen LogP contribution in [0.1, 0.15) is 62.7 Å². The molecule has 2 aromatic heterocycles. The topological polar surface area (TPSA) is 84.2 Å². The maximum absolute atomic E-state index is 10.1. The molecule has 36 heavy (non-hydrogen) atoms. The molecule has 194 valence electrons. The summed E-state index contributed by atoms with van der Waals surface area (Å²) in [6, 6.07) is 11.7. The van der Waals surface area contributed by atoms with Gasteiger partial charge in [0.1, 0.15) is 0 Å². The highest BCUT2D eigenvalue weighted by Crippen LogP contribution is 2.38. The van der Waals surface area contributed by atoms with E-state index in [1.165, 1.54) is 16.8 Å². The monoisotopic (exact) mass is 493 g/mol. The molecule has 1 aliphatic heterocycles. The number of aliphatic hydroxyl groups excluding tert-OH is 1. The Labute approximate surface area is 213 Å². The lowest BCUT2D eigenvalue weighted by molar-refractivity contribution is 0.0198. The number of aliphatic hydroxyl groups is 1. The lowest BCUT2D eigenvalue weighted by Crippen LogP contribution is -2.37. The molecule has 8 heteroatoms. The lowest BCUT2D eigenvalue weighted by Gasteiger charge is -2.32. The molecule has 2 atom stereocenters. The number of hydrogen-bond donors (Lipinski definition) is 2. The van der Waals surface area contributed by atoms with Gasteiger partial charge in [-0.25, -0.2) is 9.50 Å². The highest BCUT2D eigenvalue weighted by Gasteiger charge is 2.26. The van der Waals surface area contributed by atoms with Crippen molar-refractivity contribution in [2.75, 3.05) is 45.3 Å². The molecule has 1 saturated heterocycles. The van der Waals surface area contributed by atoms with Gasteiger partial charge >= 0.3 is 0 Å². The zero-order valence-corrected chi connectivity index (χ0v) is 21.7. The van der Waals surface area contributed by atoms with Gasteiger partial charge in [-0.05, 0) is 56.7 Å². The molecule has 1 saturated carbocycles. The lowest BCUT2D eigenvalue weighted by atomic mass is 9.85. The maximum Gasteiger partial charge on any atom is 0.241 e. The van der Waals surface area contributed by atoms with Crippen LogP contribution in [-0.2, 0) is 9.47 Å². The number of nitrogens with zero attached hydrogens (tertiary/aromatic N) is 4. The molecule has 2 fully saturated rings. The van der Waals surface area contributed by atoms with Crippen LogP contribution in [0.5, 0.6) is 0 Å². The van der Waals surface area contributed by atoms with Crippen LogP contribution in [0.4, 0.5) is 5.95 Å². The van der Waals surface area contributed by atoms with Crippen LogP contribution in [0.25, 0.3) is 16.6 Å². The zero-order chi connectivity index (χ0) is 25.1. The fraction of sp³-hybridized carbons (Fsp3) is 0.571. The van der Waals surface area contributed by atoms with Gasteiger partial charge in [-0.2, -0.15) is 0 Å². The average molecular weight is 494 g/mol. The van der Waals surface area contributed by atoms with Crippen LogP contribution in [0.2, 0.25) is 0 Å². The molecular formula is C28H39N5O3. The van der Waals surface area contributed by atoms with Gasteiger partial charge in [0.15, 0.2) is 0 Å². The summed E-state index contributed by atoms with van der Waals surface area (Å²) in [5.41, 5.74) is 5.85. The molecular weight excluding hydrogens is 454 g/mol. The van der Waals surface area contributed by atoms with E-state index in [9.17, 15) is 5.11 Å². The van der Waals surface area contributed by atoms with E-state index >= 15 is 0 Å². The third-order valence-electron chi connectivity index (χ3n) is 7.75. The Balaban J connectivity index is 1.47. The Morgan fingerprint density at radius 1 is 1.11 bits per heavy atom. The molecule has 3 heterocycles. The van der Waals surface area contributed by atoms with E-state index in [0.29, 0.717) is 24.5 Å². The second-order valence-corrected chi connectivity index (χ2v) is 10.3. The predicted molar refractivity (Wildman–Crippen MR) is 141 cm³/mol. The van der Waals surface area contributed by atoms with Crippen molar-refractivity contribution in [3.05, 3.63) is 47.8 Å². The van der Waals surface area contributed by atoms with Crippen molar-refractivity contribution >= 4 is 11.5 Å². The summed E-state index contributed by atoms with van der Waals surface area (Å²) < 4.78 is 12.9. The normalized spacial score (nSPS) is 23.0. The predicted octanol–water partition coefficient (Wildman–Crippen LogP) is 4.25. The second kappa shape index (κ2) is 11.3. The number of methoxy groups -OCH3 is 1. The summed E-state index contributed by atoms with van der Waals surface area (Å²) in [5.74, 6) is 0.968. The first-order valence-electron chi connectivity index (χ1n) is 13.3. The summed E-state index contributed by atoms with van der Waals surface area (Å²) >= 11 is 0. The van der Waals surface area contributed by atoms with Gasteiger partial charge in [-0.15, -0.1) is 5.10 Å². The SMILES string of the molecule is COC[C@H](C)Nc1ncc2c(-c3ccc(C(C)N4CCOCC4)cc3)cc([C@H]3CC[C@@H](O)CC3)n2n1.